The van der Waals surface area contributed by atoms with E-state index in [0.717, 1.165) is 37.8 Å². The maximum absolute atomic E-state index is 13.0. The minimum Gasteiger partial charge on any atom is -0.443 e. The molecule has 2 heterocycles. The first-order chi connectivity index (χ1) is 12.7. The van der Waals surface area contributed by atoms with Crippen LogP contribution in [0.3, 0.4) is 0 Å². The smallest absolute Gasteiger partial charge is 0.416 e. The van der Waals surface area contributed by atoms with Crippen LogP contribution in [0.2, 0.25) is 0 Å². The number of hydrogen-bond donors (Lipinski definition) is 0. The molecule has 0 bridgehead atoms. The van der Waals surface area contributed by atoms with Crippen molar-refractivity contribution < 1.29 is 14.3 Å². The molecule has 0 aromatic carbocycles. The fourth-order valence-electron chi connectivity index (χ4n) is 3.47. The first kappa shape index (κ1) is 21.2. The van der Waals surface area contributed by atoms with E-state index in [-0.39, 0.29) is 18.0 Å². The summed E-state index contributed by atoms with van der Waals surface area (Å²) in [6.07, 6.45) is 5.00. The van der Waals surface area contributed by atoms with Crippen molar-refractivity contribution in [2.24, 2.45) is 0 Å². The van der Waals surface area contributed by atoms with Crippen LogP contribution < -0.4 is 4.90 Å². The van der Waals surface area contributed by atoms with Crippen LogP contribution in [-0.2, 0) is 9.53 Å². The molecule has 6 nitrogen and oxygen atoms in total. The third-order valence-corrected chi connectivity index (χ3v) is 4.93. The van der Waals surface area contributed by atoms with E-state index >= 15 is 0 Å². The van der Waals surface area contributed by atoms with Gasteiger partial charge in [-0.25, -0.2) is 9.78 Å². The van der Waals surface area contributed by atoms with Gasteiger partial charge in [0.05, 0.1) is 6.04 Å². The second kappa shape index (κ2) is 8.72. The predicted octanol–water partition coefficient (Wildman–Crippen LogP) is 4.70. The average Bonchev–Trinajstić information content (AvgIpc) is 2.60. The molecule has 2 atom stereocenters. The molecule has 1 aromatic heterocycles. The lowest BCUT2D eigenvalue weighted by molar-refractivity contribution is -0.132. The van der Waals surface area contributed by atoms with E-state index in [1.54, 1.807) is 18.0 Å². The molecule has 0 aliphatic carbocycles. The molecule has 1 aromatic rings. The summed E-state index contributed by atoms with van der Waals surface area (Å²) >= 11 is 0. The van der Waals surface area contributed by atoms with E-state index in [9.17, 15) is 9.59 Å². The molecule has 1 fully saturated rings. The molecule has 27 heavy (non-hydrogen) atoms. The van der Waals surface area contributed by atoms with E-state index in [4.69, 9.17) is 4.74 Å². The largest absolute Gasteiger partial charge is 0.443 e. The Labute approximate surface area is 162 Å². The number of likely N-dealkylation sites (tertiary alicyclic amines) is 1. The molecule has 0 radical (unpaired) electrons. The molecule has 1 aliphatic heterocycles. The summed E-state index contributed by atoms with van der Waals surface area (Å²) in [6.45, 7) is 11.9. The van der Waals surface area contributed by atoms with Crippen molar-refractivity contribution in [1.82, 2.24) is 9.88 Å². The summed E-state index contributed by atoms with van der Waals surface area (Å²) in [6, 6.07) is 3.72. The maximum atomic E-state index is 13.0. The summed E-state index contributed by atoms with van der Waals surface area (Å²) in [5.74, 6) is 0.654. The van der Waals surface area contributed by atoms with E-state index in [2.05, 4.69) is 4.98 Å². The van der Waals surface area contributed by atoms with Crippen LogP contribution in [-0.4, -0.2) is 40.1 Å². The van der Waals surface area contributed by atoms with Crippen LogP contribution in [0.15, 0.2) is 18.3 Å². The second-order valence-corrected chi connectivity index (χ2v) is 8.25. The standard InChI is InChI=1S/C21H33N3O3/c1-7-15(2)24(20(26)27-21(4,5)6)19-17(11-10-13-22-19)18-12-8-9-14-23(18)16(3)25/h10-11,13,15,18H,7-9,12,14H2,1-6H3/t15-,18-/m0/s1. The van der Waals surface area contributed by atoms with Crippen molar-refractivity contribution in [1.29, 1.82) is 0 Å². The summed E-state index contributed by atoms with van der Waals surface area (Å²) in [4.78, 5) is 33.3. The van der Waals surface area contributed by atoms with Crippen molar-refractivity contribution in [3.05, 3.63) is 23.9 Å². The lowest BCUT2D eigenvalue weighted by atomic mass is 9.95. The van der Waals surface area contributed by atoms with E-state index in [0.29, 0.717) is 5.82 Å². The number of amides is 2. The highest BCUT2D eigenvalue weighted by molar-refractivity contribution is 5.88. The van der Waals surface area contributed by atoms with Crippen molar-refractivity contribution in [2.45, 2.75) is 84.9 Å². The molecule has 1 aliphatic rings. The maximum Gasteiger partial charge on any atom is 0.416 e. The average molecular weight is 376 g/mol. The molecule has 0 N–H and O–H groups in total. The number of carbonyl (C=O) groups excluding carboxylic acids is 2. The van der Waals surface area contributed by atoms with Crippen molar-refractivity contribution in [2.75, 3.05) is 11.4 Å². The van der Waals surface area contributed by atoms with Gasteiger partial charge in [-0.15, -0.1) is 0 Å². The number of rotatable bonds is 4. The fraction of sp³-hybridized carbons (Fsp3) is 0.667. The summed E-state index contributed by atoms with van der Waals surface area (Å²) in [7, 11) is 0. The number of hydrogen-bond acceptors (Lipinski definition) is 4. The first-order valence-electron chi connectivity index (χ1n) is 9.90. The van der Waals surface area contributed by atoms with Crippen LogP contribution >= 0.6 is 0 Å². The Morgan fingerprint density at radius 3 is 2.67 bits per heavy atom. The zero-order valence-corrected chi connectivity index (χ0v) is 17.5. The van der Waals surface area contributed by atoms with E-state index in [1.807, 2.05) is 51.7 Å². The molecule has 0 spiro atoms. The molecule has 6 heteroatoms. The van der Waals surface area contributed by atoms with Crippen LogP contribution in [0.4, 0.5) is 10.6 Å². The third kappa shape index (κ3) is 5.21. The van der Waals surface area contributed by atoms with Crippen molar-refractivity contribution in [3.63, 3.8) is 0 Å². The predicted molar refractivity (Wildman–Crippen MR) is 107 cm³/mol. The first-order valence-corrected chi connectivity index (χ1v) is 9.90. The number of piperidine rings is 1. The minimum atomic E-state index is -0.589. The van der Waals surface area contributed by atoms with Gasteiger partial charge in [0.25, 0.3) is 0 Å². The molecule has 0 unspecified atom stereocenters. The third-order valence-electron chi connectivity index (χ3n) is 4.93. The Morgan fingerprint density at radius 2 is 2.07 bits per heavy atom. The monoisotopic (exact) mass is 375 g/mol. The van der Waals surface area contributed by atoms with Gasteiger partial charge in [0.1, 0.15) is 11.4 Å². The van der Waals surface area contributed by atoms with Gasteiger partial charge in [0.15, 0.2) is 0 Å². The Hall–Kier alpha value is -2.11. The van der Waals surface area contributed by atoms with Crippen LogP contribution in [0.5, 0.6) is 0 Å². The zero-order chi connectivity index (χ0) is 20.2. The Morgan fingerprint density at radius 1 is 1.37 bits per heavy atom. The van der Waals surface area contributed by atoms with Crippen LogP contribution in [0.25, 0.3) is 0 Å². The molecule has 0 saturated carbocycles. The van der Waals surface area contributed by atoms with E-state index < -0.39 is 11.7 Å². The molecule has 150 valence electrons. The van der Waals surface area contributed by atoms with Crippen LogP contribution in [0.1, 0.15) is 78.8 Å². The van der Waals surface area contributed by atoms with Gasteiger partial charge < -0.3 is 9.64 Å². The normalized spacial score (nSPS) is 18.7. The van der Waals surface area contributed by atoms with Crippen molar-refractivity contribution in [3.8, 4) is 0 Å². The van der Waals surface area contributed by atoms with Gasteiger partial charge in [0, 0.05) is 31.3 Å². The molecular formula is C21H33N3O3. The van der Waals surface area contributed by atoms with Gasteiger partial charge in [-0.2, -0.15) is 0 Å². The minimum absolute atomic E-state index is 0.0573. The quantitative estimate of drug-likeness (QED) is 0.765. The number of anilines is 1. The number of aromatic nitrogens is 1. The van der Waals surface area contributed by atoms with Gasteiger partial charge in [-0.05, 0) is 59.4 Å². The Bertz CT molecular complexity index is 669. The molecule has 2 amide bonds. The fourth-order valence-corrected chi connectivity index (χ4v) is 3.47. The topological polar surface area (TPSA) is 62.7 Å². The van der Waals surface area contributed by atoms with E-state index in [1.165, 1.54) is 0 Å². The van der Waals surface area contributed by atoms with Gasteiger partial charge in [-0.3, -0.25) is 9.69 Å². The lowest BCUT2D eigenvalue weighted by Gasteiger charge is -2.38. The molecule has 2 rings (SSSR count). The second-order valence-electron chi connectivity index (χ2n) is 8.25. The number of nitrogens with zero attached hydrogens (tertiary/aromatic N) is 3. The summed E-state index contributed by atoms with van der Waals surface area (Å²) in [5.41, 5.74) is 0.326. The van der Waals surface area contributed by atoms with Gasteiger partial charge in [0.2, 0.25) is 5.91 Å². The highest BCUT2D eigenvalue weighted by atomic mass is 16.6. The molecule has 1 saturated heterocycles. The van der Waals surface area contributed by atoms with Gasteiger partial charge >= 0.3 is 6.09 Å². The summed E-state index contributed by atoms with van der Waals surface area (Å²) < 4.78 is 5.66. The zero-order valence-electron chi connectivity index (χ0n) is 17.5. The van der Waals surface area contributed by atoms with Crippen LogP contribution in [0, 0.1) is 0 Å². The van der Waals surface area contributed by atoms with Gasteiger partial charge in [-0.1, -0.05) is 13.0 Å². The Kier molecular flexibility index (Phi) is 6.84. The van der Waals surface area contributed by atoms with Crippen molar-refractivity contribution >= 4 is 17.8 Å². The summed E-state index contributed by atoms with van der Waals surface area (Å²) in [5, 5.41) is 0. The molecular weight excluding hydrogens is 342 g/mol. The number of ether oxygens (including phenoxy) is 1. The SMILES string of the molecule is CC[C@H](C)N(C(=O)OC(C)(C)C)c1ncccc1[C@@H]1CCCCN1C(C)=O. The number of pyridine rings is 1. The highest BCUT2D eigenvalue weighted by Gasteiger charge is 2.34. The Balaban J connectivity index is 2.48. The lowest BCUT2D eigenvalue weighted by Crippen LogP contribution is -2.44. The highest BCUT2D eigenvalue weighted by Crippen LogP contribution is 2.36. The number of carbonyl (C=O) groups is 2.